The summed E-state index contributed by atoms with van der Waals surface area (Å²) in [5, 5.41) is 2.72. The van der Waals surface area contributed by atoms with Gasteiger partial charge in [0, 0.05) is 26.2 Å². The molecule has 0 saturated carbocycles. The molecule has 0 fully saturated rings. The Bertz CT molecular complexity index is 915. The zero-order chi connectivity index (χ0) is 18.9. The highest BCUT2D eigenvalue weighted by atomic mass is 32.2. The van der Waals surface area contributed by atoms with Gasteiger partial charge in [-0.2, -0.15) is 0 Å². The number of carbonyl (C=O) groups is 1. The van der Waals surface area contributed by atoms with Gasteiger partial charge in [0.15, 0.2) is 6.10 Å². The van der Waals surface area contributed by atoms with Crippen LogP contribution in [0.25, 0.3) is 0 Å². The van der Waals surface area contributed by atoms with E-state index < -0.39 is 16.1 Å². The number of methoxy groups -OCH3 is 1. The molecule has 0 aliphatic carbocycles. The predicted molar refractivity (Wildman–Crippen MR) is 97.1 cm³/mol. The van der Waals surface area contributed by atoms with Crippen molar-refractivity contribution in [2.75, 3.05) is 26.5 Å². The molecule has 0 aromatic heterocycles. The van der Waals surface area contributed by atoms with Crippen LogP contribution in [-0.4, -0.2) is 45.9 Å². The third-order valence-electron chi connectivity index (χ3n) is 4.13. The molecular formula is C18H20N2O5S. The van der Waals surface area contributed by atoms with E-state index in [0.717, 1.165) is 9.87 Å². The number of hydrogen-bond donors (Lipinski definition) is 1. The van der Waals surface area contributed by atoms with Crippen LogP contribution in [-0.2, 0) is 21.2 Å². The van der Waals surface area contributed by atoms with E-state index in [0.29, 0.717) is 17.9 Å². The first-order valence-corrected chi connectivity index (χ1v) is 9.43. The van der Waals surface area contributed by atoms with E-state index in [9.17, 15) is 13.2 Å². The highest BCUT2D eigenvalue weighted by Gasteiger charge is 2.29. The Labute approximate surface area is 152 Å². The number of amides is 1. The lowest BCUT2D eigenvalue weighted by atomic mass is 10.1. The zero-order valence-electron chi connectivity index (χ0n) is 14.7. The fourth-order valence-corrected chi connectivity index (χ4v) is 3.78. The number of carbonyl (C=O) groups excluding carboxylic acids is 1. The summed E-state index contributed by atoms with van der Waals surface area (Å²) in [5.41, 5.74) is 1.33. The van der Waals surface area contributed by atoms with Gasteiger partial charge in [0.2, 0.25) is 10.0 Å². The quantitative estimate of drug-likeness (QED) is 0.861. The maximum absolute atomic E-state index is 12.5. The maximum Gasteiger partial charge on any atom is 0.265 e. The normalized spacial score (nSPS) is 16.1. The highest BCUT2D eigenvalue weighted by Crippen LogP contribution is 2.31. The molecule has 1 amide bonds. The van der Waals surface area contributed by atoms with Gasteiger partial charge in [-0.15, -0.1) is 0 Å². The molecule has 2 aromatic rings. The number of nitrogens with zero attached hydrogens (tertiary/aromatic N) is 1. The number of nitrogens with one attached hydrogen (secondary N) is 1. The Kier molecular flexibility index (Phi) is 4.88. The molecule has 0 spiro atoms. The van der Waals surface area contributed by atoms with Crippen molar-refractivity contribution >= 4 is 21.6 Å². The molecule has 1 atom stereocenters. The summed E-state index contributed by atoms with van der Waals surface area (Å²) >= 11 is 0. The number of benzene rings is 2. The molecule has 3 rings (SSSR count). The fraction of sp³-hybridized carbons (Fsp3) is 0.278. The summed E-state index contributed by atoms with van der Waals surface area (Å²) in [6.07, 6.45) is -0.176. The van der Waals surface area contributed by atoms with E-state index in [4.69, 9.17) is 9.47 Å². The van der Waals surface area contributed by atoms with E-state index in [-0.39, 0.29) is 16.6 Å². The van der Waals surface area contributed by atoms with Crippen molar-refractivity contribution in [1.29, 1.82) is 0 Å². The van der Waals surface area contributed by atoms with Crippen LogP contribution in [0.15, 0.2) is 47.4 Å². The predicted octanol–water partition coefficient (Wildman–Crippen LogP) is 1.89. The van der Waals surface area contributed by atoms with Gasteiger partial charge in [0.1, 0.15) is 16.4 Å². The first-order valence-electron chi connectivity index (χ1n) is 7.99. The largest absolute Gasteiger partial charge is 0.495 e. The van der Waals surface area contributed by atoms with Gasteiger partial charge in [-0.3, -0.25) is 4.79 Å². The lowest BCUT2D eigenvalue weighted by Gasteiger charge is -2.16. The van der Waals surface area contributed by atoms with Crippen molar-refractivity contribution in [1.82, 2.24) is 4.31 Å². The molecule has 1 heterocycles. The minimum atomic E-state index is -3.71. The molecule has 0 radical (unpaired) electrons. The lowest BCUT2D eigenvalue weighted by molar-refractivity contribution is -0.122. The fourth-order valence-electron chi connectivity index (χ4n) is 2.70. The Morgan fingerprint density at radius 1 is 1.23 bits per heavy atom. The molecule has 26 heavy (non-hydrogen) atoms. The minimum Gasteiger partial charge on any atom is -0.495 e. The van der Waals surface area contributed by atoms with Gasteiger partial charge >= 0.3 is 0 Å². The first-order chi connectivity index (χ1) is 12.3. The van der Waals surface area contributed by atoms with Gasteiger partial charge in [-0.25, -0.2) is 12.7 Å². The van der Waals surface area contributed by atoms with Crippen molar-refractivity contribution in [3.8, 4) is 11.5 Å². The van der Waals surface area contributed by atoms with Crippen LogP contribution in [0, 0.1) is 0 Å². The van der Waals surface area contributed by atoms with Gasteiger partial charge in [-0.1, -0.05) is 18.2 Å². The van der Waals surface area contributed by atoms with E-state index in [1.807, 2.05) is 24.3 Å². The number of rotatable bonds is 5. The molecular weight excluding hydrogens is 356 g/mol. The van der Waals surface area contributed by atoms with Crippen molar-refractivity contribution < 1.29 is 22.7 Å². The SMILES string of the molecule is COc1ccc(NC(=O)[C@H]2Cc3ccccc3O2)cc1S(=O)(=O)N(C)C. The minimum absolute atomic E-state index is 0.0153. The molecule has 0 unspecified atom stereocenters. The zero-order valence-corrected chi connectivity index (χ0v) is 15.5. The lowest BCUT2D eigenvalue weighted by Crippen LogP contribution is -2.31. The average molecular weight is 376 g/mol. The van der Waals surface area contributed by atoms with Crippen LogP contribution in [0.4, 0.5) is 5.69 Å². The van der Waals surface area contributed by atoms with Crippen molar-refractivity contribution in [3.05, 3.63) is 48.0 Å². The van der Waals surface area contributed by atoms with E-state index >= 15 is 0 Å². The smallest absolute Gasteiger partial charge is 0.265 e. The van der Waals surface area contributed by atoms with Crippen LogP contribution in [0.5, 0.6) is 11.5 Å². The Morgan fingerprint density at radius 3 is 2.62 bits per heavy atom. The Hall–Kier alpha value is -2.58. The van der Waals surface area contributed by atoms with Crippen LogP contribution >= 0.6 is 0 Å². The molecule has 0 bridgehead atoms. The standard InChI is InChI=1S/C18H20N2O5S/c1-20(2)26(22,23)17-11-13(8-9-15(17)24-3)19-18(21)16-10-12-6-4-5-7-14(12)25-16/h4-9,11,16H,10H2,1-3H3,(H,19,21)/t16-/m1/s1. The van der Waals surface area contributed by atoms with E-state index in [1.54, 1.807) is 6.07 Å². The van der Waals surface area contributed by atoms with Crippen LogP contribution in [0.2, 0.25) is 0 Å². The van der Waals surface area contributed by atoms with Crippen molar-refractivity contribution in [2.24, 2.45) is 0 Å². The van der Waals surface area contributed by atoms with E-state index in [2.05, 4.69) is 5.32 Å². The number of sulfonamides is 1. The molecule has 1 N–H and O–H groups in total. The van der Waals surface area contributed by atoms with E-state index in [1.165, 1.54) is 33.3 Å². The highest BCUT2D eigenvalue weighted by molar-refractivity contribution is 7.89. The number of anilines is 1. The molecule has 138 valence electrons. The first kappa shape index (κ1) is 18.2. The number of hydrogen-bond acceptors (Lipinski definition) is 5. The maximum atomic E-state index is 12.5. The number of ether oxygens (including phenoxy) is 2. The third-order valence-corrected chi connectivity index (χ3v) is 5.97. The van der Waals surface area contributed by atoms with Gasteiger partial charge in [0.25, 0.3) is 5.91 Å². The number of para-hydroxylation sites is 1. The van der Waals surface area contributed by atoms with Gasteiger partial charge < -0.3 is 14.8 Å². The van der Waals surface area contributed by atoms with Gasteiger partial charge in [-0.05, 0) is 29.8 Å². The van der Waals surface area contributed by atoms with Crippen molar-refractivity contribution in [2.45, 2.75) is 17.4 Å². The summed E-state index contributed by atoms with van der Waals surface area (Å²) < 4.78 is 36.8. The monoisotopic (exact) mass is 376 g/mol. The van der Waals surface area contributed by atoms with Crippen LogP contribution < -0.4 is 14.8 Å². The van der Waals surface area contributed by atoms with Crippen LogP contribution in [0.3, 0.4) is 0 Å². The Morgan fingerprint density at radius 2 is 1.96 bits per heavy atom. The molecule has 1 aliphatic heterocycles. The summed E-state index contributed by atoms with van der Waals surface area (Å²) in [4.78, 5) is 12.5. The molecule has 7 nitrogen and oxygen atoms in total. The summed E-state index contributed by atoms with van der Waals surface area (Å²) in [6, 6.07) is 12.0. The molecule has 0 saturated heterocycles. The van der Waals surface area contributed by atoms with Crippen LogP contribution in [0.1, 0.15) is 5.56 Å². The summed E-state index contributed by atoms with van der Waals surface area (Å²) in [7, 11) is 0.548. The molecule has 8 heteroatoms. The van der Waals surface area contributed by atoms with Gasteiger partial charge in [0.05, 0.1) is 7.11 Å². The topological polar surface area (TPSA) is 84.9 Å². The second kappa shape index (κ2) is 6.97. The third kappa shape index (κ3) is 3.38. The molecule has 1 aliphatic rings. The Balaban J connectivity index is 1.82. The average Bonchev–Trinajstić information content (AvgIpc) is 3.06. The second-order valence-corrected chi connectivity index (χ2v) is 8.18. The molecule has 2 aromatic carbocycles. The summed E-state index contributed by atoms with van der Waals surface area (Å²) in [6.45, 7) is 0. The second-order valence-electron chi connectivity index (χ2n) is 6.06. The number of fused-ring (bicyclic) bond motifs is 1. The van der Waals surface area contributed by atoms with Crippen molar-refractivity contribution in [3.63, 3.8) is 0 Å². The summed E-state index contributed by atoms with van der Waals surface area (Å²) in [5.74, 6) is 0.569.